The van der Waals surface area contributed by atoms with Gasteiger partial charge < -0.3 is 26.8 Å². The van der Waals surface area contributed by atoms with Crippen LogP contribution in [0.1, 0.15) is 90.4 Å². The molecule has 0 fully saturated rings. The fraction of sp³-hybridized carbons (Fsp3) is 1.00. The molecule has 0 aliphatic rings. The molecule has 0 aromatic rings. The second kappa shape index (κ2) is 21.0. The largest absolute Gasteiger partial charge is 0.395 e. The van der Waals surface area contributed by atoms with E-state index in [1.165, 1.54) is 64.2 Å². The fourth-order valence-electron chi connectivity index (χ4n) is 2.91. The zero-order valence-electron chi connectivity index (χ0n) is 18.2. The van der Waals surface area contributed by atoms with Crippen molar-refractivity contribution >= 4 is 10.1 Å². The summed E-state index contributed by atoms with van der Waals surface area (Å²) in [4.78, 5) is 0. The molecule has 29 heavy (non-hydrogen) atoms. The third-order valence-electron chi connectivity index (χ3n) is 4.77. The number of aliphatic hydroxyl groups is 3. The lowest BCUT2D eigenvalue weighted by molar-refractivity contribution is -0.0121. The zero-order chi connectivity index (χ0) is 22.5. The van der Waals surface area contributed by atoms with Gasteiger partial charge in [0.2, 0.25) is 0 Å². The number of hydrogen-bond donors (Lipinski definition) is 6. The van der Waals surface area contributed by atoms with Crippen molar-refractivity contribution in [2.45, 2.75) is 109 Å². The Balaban J connectivity index is 0. The Labute approximate surface area is 177 Å². The molecule has 0 saturated carbocycles. The topological polar surface area (TPSA) is 167 Å². The lowest BCUT2D eigenvalue weighted by atomic mass is 10.00. The SMILES string of the molecule is CCCCCCCCCCCCCCC(O)C(O)C(N)CO.NCCS(=O)(=O)O. The van der Waals surface area contributed by atoms with E-state index < -0.39 is 28.4 Å². The Morgan fingerprint density at radius 2 is 1.24 bits per heavy atom. The van der Waals surface area contributed by atoms with Crippen LogP contribution in [0.15, 0.2) is 0 Å². The highest BCUT2D eigenvalue weighted by atomic mass is 32.2. The van der Waals surface area contributed by atoms with Gasteiger partial charge in [-0.2, -0.15) is 8.42 Å². The summed E-state index contributed by atoms with van der Waals surface area (Å²) in [5.74, 6) is -0.354. The van der Waals surface area contributed by atoms with Crippen LogP contribution in [0.5, 0.6) is 0 Å². The minimum absolute atomic E-state index is 0.0289. The molecular formula is C20H46N2O6S. The fourth-order valence-corrected chi connectivity index (χ4v) is 3.21. The highest BCUT2D eigenvalue weighted by Gasteiger charge is 2.22. The molecule has 0 saturated heterocycles. The third-order valence-corrected chi connectivity index (χ3v) is 5.52. The van der Waals surface area contributed by atoms with Crippen molar-refractivity contribution < 1.29 is 28.3 Å². The van der Waals surface area contributed by atoms with Gasteiger partial charge in [-0.05, 0) is 6.42 Å². The van der Waals surface area contributed by atoms with E-state index >= 15 is 0 Å². The molecular weight excluding hydrogens is 396 g/mol. The Hall–Kier alpha value is -0.290. The van der Waals surface area contributed by atoms with Crippen LogP contribution in [-0.4, -0.2) is 65.4 Å². The molecule has 0 spiro atoms. The van der Waals surface area contributed by atoms with E-state index in [0.29, 0.717) is 6.42 Å². The molecule has 0 bridgehead atoms. The van der Waals surface area contributed by atoms with Crippen LogP contribution in [0.4, 0.5) is 0 Å². The minimum atomic E-state index is -3.80. The van der Waals surface area contributed by atoms with E-state index in [1.54, 1.807) is 0 Å². The van der Waals surface area contributed by atoms with Gasteiger partial charge in [0.05, 0.1) is 30.6 Å². The first-order valence-electron chi connectivity index (χ1n) is 11.1. The number of hydrogen-bond acceptors (Lipinski definition) is 7. The Morgan fingerprint density at radius 3 is 1.55 bits per heavy atom. The Kier molecular flexibility index (Phi) is 22.3. The summed E-state index contributed by atoms with van der Waals surface area (Å²) in [7, 11) is -3.80. The van der Waals surface area contributed by atoms with Gasteiger partial charge >= 0.3 is 0 Å². The van der Waals surface area contributed by atoms with E-state index in [0.717, 1.165) is 12.8 Å². The predicted molar refractivity (Wildman–Crippen MR) is 118 cm³/mol. The minimum Gasteiger partial charge on any atom is -0.395 e. The second-order valence-electron chi connectivity index (χ2n) is 7.66. The molecule has 178 valence electrons. The number of nitrogens with two attached hydrogens (primary N) is 2. The predicted octanol–water partition coefficient (Wildman–Crippen LogP) is 1.95. The molecule has 0 aliphatic heterocycles. The van der Waals surface area contributed by atoms with Crippen LogP contribution in [0.2, 0.25) is 0 Å². The smallest absolute Gasteiger partial charge is 0.266 e. The standard InChI is InChI=1S/C18H39NO3.C2H7NO3S/c1-2-3-4-5-6-7-8-9-10-11-12-13-14-17(21)18(22)16(19)15-20;3-1-2-7(4,5)6/h16-18,20-22H,2-15,19H2,1H3;1-3H2,(H,4,5,6). The first kappa shape index (κ1) is 30.9. The van der Waals surface area contributed by atoms with Crippen LogP contribution in [0.3, 0.4) is 0 Å². The second-order valence-corrected chi connectivity index (χ2v) is 9.23. The van der Waals surface area contributed by atoms with Gasteiger partial charge in [-0.1, -0.05) is 84.0 Å². The summed E-state index contributed by atoms with van der Waals surface area (Å²) in [5, 5.41) is 28.2. The summed E-state index contributed by atoms with van der Waals surface area (Å²) in [6.45, 7) is 1.93. The van der Waals surface area contributed by atoms with Gasteiger partial charge in [0, 0.05) is 6.54 Å². The van der Waals surface area contributed by atoms with Crippen molar-refractivity contribution in [1.29, 1.82) is 0 Å². The molecule has 0 heterocycles. The van der Waals surface area contributed by atoms with E-state index in [4.69, 9.17) is 21.1 Å². The average Bonchev–Trinajstić information content (AvgIpc) is 2.67. The maximum atomic E-state index is 9.74. The monoisotopic (exact) mass is 442 g/mol. The lowest BCUT2D eigenvalue weighted by Gasteiger charge is -2.22. The Bertz CT molecular complexity index is 437. The van der Waals surface area contributed by atoms with Gasteiger partial charge in [-0.3, -0.25) is 4.55 Å². The van der Waals surface area contributed by atoms with Crippen LogP contribution in [0, 0.1) is 0 Å². The first-order valence-corrected chi connectivity index (χ1v) is 12.7. The molecule has 8 nitrogen and oxygen atoms in total. The lowest BCUT2D eigenvalue weighted by Crippen LogP contribution is -2.45. The van der Waals surface area contributed by atoms with Gasteiger partial charge in [0.25, 0.3) is 10.1 Å². The maximum Gasteiger partial charge on any atom is 0.266 e. The molecule has 0 aliphatic carbocycles. The summed E-state index contributed by atoms with van der Waals surface area (Å²) < 4.78 is 27.3. The molecule has 8 N–H and O–H groups in total. The average molecular weight is 443 g/mol. The summed E-state index contributed by atoms with van der Waals surface area (Å²) in [5.41, 5.74) is 10.3. The molecule has 0 aromatic heterocycles. The van der Waals surface area contributed by atoms with E-state index in [-0.39, 0.29) is 18.9 Å². The van der Waals surface area contributed by atoms with E-state index in [1.807, 2.05) is 0 Å². The van der Waals surface area contributed by atoms with Crippen molar-refractivity contribution in [2.24, 2.45) is 11.5 Å². The van der Waals surface area contributed by atoms with Gasteiger partial charge in [0.15, 0.2) is 0 Å². The molecule has 0 amide bonds. The Morgan fingerprint density at radius 1 is 0.828 bits per heavy atom. The normalized spacial score (nSPS) is 14.7. The highest BCUT2D eigenvalue weighted by Crippen LogP contribution is 2.14. The molecule has 3 atom stereocenters. The van der Waals surface area contributed by atoms with Crippen molar-refractivity contribution in [2.75, 3.05) is 18.9 Å². The van der Waals surface area contributed by atoms with Gasteiger partial charge in [-0.25, -0.2) is 0 Å². The number of aliphatic hydroxyl groups excluding tert-OH is 3. The molecule has 0 aromatic carbocycles. The quantitative estimate of drug-likeness (QED) is 0.138. The maximum absolute atomic E-state index is 9.74. The number of rotatable bonds is 18. The highest BCUT2D eigenvalue weighted by molar-refractivity contribution is 7.85. The first-order chi connectivity index (χ1) is 13.7. The van der Waals surface area contributed by atoms with Crippen molar-refractivity contribution in [3.8, 4) is 0 Å². The van der Waals surface area contributed by atoms with Gasteiger partial charge in [0.1, 0.15) is 0 Å². The van der Waals surface area contributed by atoms with Crippen LogP contribution < -0.4 is 11.5 Å². The summed E-state index contributed by atoms with van der Waals surface area (Å²) in [6, 6.07) is -0.743. The van der Waals surface area contributed by atoms with Crippen molar-refractivity contribution in [1.82, 2.24) is 0 Å². The summed E-state index contributed by atoms with van der Waals surface area (Å²) >= 11 is 0. The zero-order valence-corrected chi connectivity index (χ0v) is 19.0. The van der Waals surface area contributed by atoms with Crippen molar-refractivity contribution in [3.05, 3.63) is 0 Å². The number of unbranched alkanes of at least 4 members (excludes halogenated alkanes) is 11. The van der Waals surface area contributed by atoms with E-state index in [9.17, 15) is 18.6 Å². The molecule has 0 radical (unpaired) electrons. The molecule has 9 heteroatoms. The molecule has 0 rings (SSSR count). The van der Waals surface area contributed by atoms with Crippen LogP contribution >= 0.6 is 0 Å². The van der Waals surface area contributed by atoms with E-state index in [2.05, 4.69) is 6.92 Å². The van der Waals surface area contributed by atoms with Crippen LogP contribution in [0.25, 0.3) is 0 Å². The summed E-state index contributed by atoms with van der Waals surface area (Å²) in [6.07, 6.45) is 14.1. The molecule has 3 unspecified atom stereocenters. The third kappa shape index (κ3) is 23.9. The van der Waals surface area contributed by atoms with Gasteiger partial charge in [-0.15, -0.1) is 0 Å². The van der Waals surface area contributed by atoms with Crippen molar-refractivity contribution in [3.63, 3.8) is 0 Å². The van der Waals surface area contributed by atoms with Crippen LogP contribution in [-0.2, 0) is 10.1 Å².